The first-order chi connectivity index (χ1) is 10.4. The highest BCUT2D eigenvalue weighted by atomic mass is 16.5. The molecule has 0 fully saturated rings. The van der Waals surface area contributed by atoms with Gasteiger partial charge >= 0.3 is 0 Å². The van der Waals surface area contributed by atoms with E-state index in [4.69, 9.17) is 4.74 Å². The van der Waals surface area contributed by atoms with Gasteiger partial charge in [0.2, 0.25) is 5.88 Å². The standard InChI is InChI=1S/C17H13N3O/c1-21-16-9-13(11-5-2-3-7-15(11)20-16)14-10-19-17-12(14)6-4-8-18-17/h2-10H,1H3,(H,18,19). The van der Waals surface area contributed by atoms with Crippen LogP contribution in [0.4, 0.5) is 0 Å². The minimum Gasteiger partial charge on any atom is -0.481 e. The number of benzene rings is 1. The van der Waals surface area contributed by atoms with Gasteiger partial charge in [-0.25, -0.2) is 9.97 Å². The van der Waals surface area contributed by atoms with Gasteiger partial charge in [0.05, 0.1) is 12.6 Å². The molecule has 4 heteroatoms. The van der Waals surface area contributed by atoms with Crippen LogP contribution < -0.4 is 4.74 Å². The van der Waals surface area contributed by atoms with Gasteiger partial charge in [-0.05, 0) is 23.8 Å². The molecule has 0 saturated carbocycles. The predicted molar refractivity (Wildman–Crippen MR) is 83.4 cm³/mol. The van der Waals surface area contributed by atoms with Crippen LogP contribution in [0.3, 0.4) is 0 Å². The average molecular weight is 275 g/mol. The summed E-state index contributed by atoms with van der Waals surface area (Å²) in [4.78, 5) is 12.1. The second-order valence-corrected chi connectivity index (χ2v) is 4.83. The fourth-order valence-electron chi connectivity index (χ4n) is 2.66. The van der Waals surface area contributed by atoms with E-state index in [2.05, 4.69) is 27.1 Å². The first-order valence-electron chi connectivity index (χ1n) is 6.73. The lowest BCUT2D eigenvalue weighted by molar-refractivity contribution is 0.400. The maximum absolute atomic E-state index is 5.34. The number of aromatic nitrogens is 3. The molecule has 3 heterocycles. The van der Waals surface area contributed by atoms with Crippen LogP contribution in [0.1, 0.15) is 0 Å². The molecule has 0 aliphatic heterocycles. The van der Waals surface area contributed by atoms with Gasteiger partial charge < -0.3 is 9.72 Å². The minimum atomic E-state index is 0.613. The van der Waals surface area contributed by atoms with Crippen LogP contribution in [0, 0.1) is 0 Å². The second kappa shape index (κ2) is 4.59. The van der Waals surface area contributed by atoms with Crippen molar-refractivity contribution in [3.8, 4) is 17.0 Å². The van der Waals surface area contributed by atoms with Crippen molar-refractivity contribution in [2.45, 2.75) is 0 Å². The van der Waals surface area contributed by atoms with E-state index < -0.39 is 0 Å². The molecule has 0 aliphatic carbocycles. The van der Waals surface area contributed by atoms with Crippen molar-refractivity contribution in [2.75, 3.05) is 7.11 Å². The number of ether oxygens (including phenoxy) is 1. The van der Waals surface area contributed by atoms with Gasteiger partial charge in [-0.2, -0.15) is 0 Å². The van der Waals surface area contributed by atoms with Gasteiger partial charge in [0.1, 0.15) is 5.65 Å². The largest absolute Gasteiger partial charge is 0.481 e. The third-order valence-corrected chi connectivity index (χ3v) is 3.64. The summed E-state index contributed by atoms with van der Waals surface area (Å²) in [6.07, 6.45) is 3.77. The molecule has 0 saturated heterocycles. The van der Waals surface area contributed by atoms with Crippen LogP contribution >= 0.6 is 0 Å². The number of fused-ring (bicyclic) bond motifs is 2. The first-order valence-corrected chi connectivity index (χ1v) is 6.73. The molecule has 3 aromatic heterocycles. The van der Waals surface area contributed by atoms with Gasteiger partial charge in [-0.3, -0.25) is 0 Å². The number of methoxy groups -OCH3 is 1. The molecule has 0 amide bonds. The maximum atomic E-state index is 5.34. The monoisotopic (exact) mass is 275 g/mol. The number of H-pyrrole nitrogens is 1. The Bertz CT molecular complexity index is 943. The van der Waals surface area contributed by atoms with Crippen LogP contribution in [-0.2, 0) is 0 Å². The van der Waals surface area contributed by atoms with Gasteiger partial charge in [-0.15, -0.1) is 0 Å². The van der Waals surface area contributed by atoms with E-state index in [1.807, 2.05) is 36.5 Å². The van der Waals surface area contributed by atoms with Gasteiger partial charge in [0, 0.05) is 34.8 Å². The molecule has 0 aliphatic rings. The molecule has 1 aromatic carbocycles. The quantitative estimate of drug-likeness (QED) is 0.605. The van der Waals surface area contributed by atoms with Gasteiger partial charge in [0.25, 0.3) is 0 Å². The summed E-state index contributed by atoms with van der Waals surface area (Å²) in [5, 5.41) is 2.19. The van der Waals surface area contributed by atoms with E-state index >= 15 is 0 Å². The smallest absolute Gasteiger partial charge is 0.214 e. The summed E-state index contributed by atoms with van der Waals surface area (Å²) < 4.78 is 5.34. The Morgan fingerprint density at radius 2 is 1.86 bits per heavy atom. The third-order valence-electron chi connectivity index (χ3n) is 3.64. The van der Waals surface area contributed by atoms with Crippen LogP contribution in [0.25, 0.3) is 33.1 Å². The van der Waals surface area contributed by atoms with Crippen LogP contribution in [0.15, 0.2) is 54.9 Å². The van der Waals surface area contributed by atoms with Crippen LogP contribution in [0.5, 0.6) is 5.88 Å². The van der Waals surface area contributed by atoms with E-state index in [-0.39, 0.29) is 0 Å². The molecule has 102 valence electrons. The van der Waals surface area contributed by atoms with Crippen molar-refractivity contribution in [3.05, 3.63) is 54.9 Å². The Labute approximate surface area is 121 Å². The van der Waals surface area contributed by atoms with Gasteiger partial charge in [-0.1, -0.05) is 18.2 Å². The van der Waals surface area contributed by atoms with Crippen molar-refractivity contribution < 1.29 is 4.74 Å². The molecule has 0 radical (unpaired) electrons. The zero-order valence-corrected chi connectivity index (χ0v) is 11.5. The van der Waals surface area contributed by atoms with Crippen molar-refractivity contribution in [3.63, 3.8) is 0 Å². The molecule has 4 nitrogen and oxygen atoms in total. The summed E-state index contributed by atoms with van der Waals surface area (Å²) in [5.41, 5.74) is 4.00. The molecular formula is C17H13N3O. The SMILES string of the molecule is COc1cc(-c2c[nH]c3ncccc23)c2ccccc2n1. The highest BCUT2D eigenvalue weighted by Crippen LogP contribution is 2.34. The molecule has 1 N–H and O–H groups in total. The number of pyridine rings is 2. The predicted octanol–water partition coefficient (Wildman–Crippen LogP) is 3.79. The van der Waals surface area contributed by atoms with Crippen molar-refractivity contribution in [1.82, 2.24) is 15.0 Å². The molecule has 0 bridgehead atoms. The Kier molecular flexibility index (Phi) is 2.60. The normalized spacial score (nSPS) is 11.1. The van der Waals surface area contributed by atoms with E-state index in [1.54, 1.807) is 13.3 Å². The number of rotatable bonds is 2. The lowest BCUT2D eigenvalue weighted by Crippen LogP contribution is -1.90. The summed E-state index contributed by atoms with van der Waals surface area (Å²) >= 11 is 0. The van der Waals surface area contributed by atoms with Gasteiger partial charge in [0.15, 0.2) is 0 Å². The number of hydrogen-bond acceptors (Lipinski definition) is 3. The zero-order chi connectivity index (χ0) is 14.2. The molecule has 0 atom stereocenters. The number of hydrogen-bond donors (Lipinski definition) is 1. The highest BCUT2D eigenvalue weighted by molar-refractivity contribution is 6.03. The molecule has 21 heavy (non-hydrogen) atoms. The minimum absolute atomic E-state index is 0.613. The molecule has 0 spiro atoms. The first kappa shape index (κ1) is 11.9. The maximum Gasteiger partial charge on any atom is 0.214 e. The zero-order valence-electron chi connectivity index (χ0n) is 11.5. The summed E-state index contributed by atoms with van der Waals surface area (Å²) in [7, 11) is 1.64. The Hall–Kier alpha value is -2.88. The molecule has 4 rings (SSSR count). The molecular weight excluding hydrogens is 262 g/mol. The highest BCUT2D eigenvalue weighted by Gasteiger charge is 2.12. The molecule has 4 aromatic rings. The van der Waals surface area contributed by atoms with Crippen molar-refractivity contribution >= 4 is 21.9 Å². The fourth-order valence-corrected chi connectivity index (χ4v) is 2.66. The number of nitrogens with zero attached hydrogens (tertiary/aromatic N) is 2. The van der Waals surface area contributed by atoms with Crippen LogP contribution in [-0.4, -0.2) is 22.1 Å². The lowest BCUT2D eigenvalue weighted by atomic mass is 10.0. The summed E-state index contributed by atoms with van der Waals surface area (Å²) in [6.45, 7) is 0. The van der Waals surface area contributed by atoms with E-state index in [1.165, 1.54) is 0 Å². The van der Waals surface area contributed by atoms with Crippen LogP contribution in [0.2, 0.25) is 0 Å². The summed E-state index contributed by atoms with van der Waals surface area (Å²) in [6, 6.07) is 14.1. The Morgan fingerprint density at radius 1 is 1.00 bits per heavy atom. The van der Waals surface area contributed by atoms with E-state index in [0.29, 0.717) is 5.88 Å². The second-order valence-electron chi connectivity index (χ2n) is 4.83. The topological polar surface area (TPSA) is 50.8 Å². The number of aromatic amines is 1. The van der Waals surface area contributed by atoms with Crippen molar-refractivity contribution in [1.29, 1.82) is 0 Å². The van der Waals surface area contributed by atoms with E-state index in [9.17, 15) is 0 Å². The molecule has 0 unspecified atom stereocenters. The Balaban J connectivity index is 2.09. The average Bonchev–Trinajstić information content (AvgIpc) is 2.97. The fraction of sp³-hybridized carbons (Fsp3) is 0.0588. The summed E-state index contributed by atoms with van der Waals surface area (Å²) in [5.74, 6) is 0.613. The lowest BCUT2D eigenvalue weighted by Gasteiger charge is -2.08. The van der Waals surface area contributed by atoms with E-state index in [0.717, 1.165) is 33.1 Å². The van der Waals surface area contributed by atoms with Crippen molar-refractivity contribution in [2.24, 2.45) is 0 Å². The number of nitrogens with one attached hydrogen (secondary N) is 1. The Morgan fingerprint density at radius 3 is 2.76 bits per heavy atom. The third kappa shape index (κ3) is 1.84. The number of para-hydroxylation sites is 1.